The third-order valence-electron chi connectivity index (χ3n) is 3.94. The van der Waals surface area contributed by atoms with Crippen LogP contribution in [0.5, 0.6) is 5.75 Å². The van der Waals surface area contributed by atoms with Crippen molar-refractivity contribution in [2.24, 2.45) is 0 Å². The van der Waals surface area contributed by atoms with E-state index in [-0.39, 0.29) is 0 Å². The Morgan fingerprint density at radius 3 is 2.95 bits per heavy atom. The molecular weight excluding hydrogens is 268 g/mol. The molecule has 0 bridgehead atoms. The van der Waals surface area contributed by atoms with Crippen LogP contribution in [0.25, 0.3) is 0 Å². The zero-order valence-electron chi connectivity index (χ0n) is 11.9. The SMILES string of the molecule is COc1cccc(C2CC(NCc3csc(C)n3)C2)c1. The number of aromatic nitrogens is 1. The molecule has 1 aromatic carbocycles. The van der Waals surface area contributed by atoms with Gasteiger partial charge in [-0.3, -0.25) is 0 Å². The van der Waals surface area contributed by atoms with Crippen LogP contribution in [0.3, 0.4) is 0 Å². The average Bonchev–Trinajstić information content (AvgIpc) is 2.83. The Hall–Kier alpha value is -1.39. The first-order valence-electron chi connectivity index (χ1n) is 7.03. The van der Waals surface area contributed by atoms with Crippen LogP contribution in [0.4, 0.5) is 0 Å². The predicted octanol–water partition coefficient (Wildman–Crippen LogP) is 3.50. The van der Waals surface area contributed by atoms with E-state index in [4.69, 9.17) is 4.74 Å². The summed E-state index contributed by atoms with van der Waals surface area (Å²) < 4.78 is 5.29. The molecule has 1 heterocycles. The van der Waals surface area contributed by atoms with Crippen LogP contribution in [-0.2, 0) is 6.54 Å². The minimum atomic E-state index is 0.619. The molecule has 0 unspecified atom stereocenters. The maximum atomic E-state index is 5.29. The topological polar surface area (TPSA) is 34.1 Å². The summed E-state index contributed by atoms with van der Waals surface area (Å²) in [7, 11) is 1.72. The van der Waals surface area contributed by atoms with Gasteiger partial charge in [-0.2, -0.15) is 0 Å². The van der Waals surface area contributed by atoms with Gasteiger partial charge in [0.2, 0.25) is 0 Å². The van der Waals surface area contributed by atoms with E-state index < -0.39 is 0 Å². The zero-order chi connectivity index (χ0) is 13.9. The summed E-state index contributed by atoms with van der Waals surface area (Å²) >= 11 is 1.72. The van der Waals surface area contributed by atoms with Crippen molar-refractivity contribution in [1.29, 1.82) is 0 Å². The number of nitrogens with one attached hydrogen (secondary N) is 1. The molecule has 0 atom stereocenters. The van der Waals surface area contributed by atoms with Crippen molar-refractivity contribution in [3.05, 3.63) is 45.9 Å². The van der Waals surface area contributed by atoms with Crippen LogP contribution in [0, 0.1) is 6.92 Å². The third-order valence-corrected chi connectivity index (χ3v) is 4.76. The van der Waals surface area contributed by atoms with Gasteiger partial charge in [0.05, 0.1) is 17.8 Å². The summed E-state index contributed by atoms with van der Waals surface area (Å²) in [5.41, 5.74) is 2.56. The third kappa shape index (κ3) is 3.02. The molecule has 1 N–H and O–H groups in total. The molecule has 1 aliphatic carbocycles. The number of hydrogen-bond donors (Lipinski definition) is 1. The Balaban J connectivity index is 1.48. The largest absolute Gasteiger partial charge is 0.497 e. The average molecular weight is 288 g/mol. The first kappa shape index (κ1) is 13.6. The number of ether oxygens (including phenoxy) is 1. The van der Waals surface area contributed by atoms with Crippen LogP contribution in [0.15, 0.2) is 29.6 Å². The quantitative estimate of drug-likeness (QED) is 0.914. The van der Waals surface area contributed by atoms with Gasteiger partial charge in [-0.15, -0.1) is 11.3 Å². The number of benzene rings is 1. The number of thiazole rings is 1. The molecule has 1 fully saturated rings. The molecule has 2 aromatic rings. The number of rotatable bonds is 5. The number of nitrogens with zero attached hydrogens (tertiary/aromatic N) is 1. The molecule has 106 valence electrons. The standard InChI is InChI=1S/C16H20N2OS/c1-11-18-15(10-20-11)9-17-14-6-13(7-14)12-4-3-5-16(8-12)19-2/h3-5,8,10,13-14,17H,6-7,9H2,1-2H3. The van der Waals surface area contributed by atoms with Gasteiger partial charge in [0, 0.05) is 18.0 Å². The highest BCUT2D eigenvalue weighted by molar-refractivity contribution is 7.09. The van der Waals surface area contributed by atoms with E-state index in [1.807, 2.05) is 6.07 Å². The van der Waals surface area contributed by atoms with Gasteiger partial charge in [0.25, 0.3) is 0 Å². The van der Waals surface area contributed by atoms with Crippen LogP contribution >= 0.6 is 11.3 Å². The lowest BCUT2D eigenvalue weighted by Crippen LogP contribution is -2.39. The Morgan fingerprint density at radius 2 is 2.25 bits per heavy atom. The van der Waals surface area contributed by atoms with Crippen LogP contribution in [0.1, 0.15) is 35.0 Å². The zero-order valence-corrected chi connectivity index (χ0v) is 12.7. The highest BCUT2D eigenvalue weighted by atomic mass is 32.1. The minimum Gasteiger partial charge on any atom is -0.497 e. The summed E-state index contributed by atoms with van der Waals surface area (Å²) in [6, 6.07) is 9.06. The van der Waals surface area contributed by atoms with Gasteiger partial charge >= 0.3 is 0 Å². The number of methoxy groups -OCH3 is 1. The molecule has 4 heteroatoms. The van der Waals surface area contributed by atoms with E-state index in [9.17, 15) is 0 Å². The summed E-state index contributed by atoms with van der Waals surface area (Å²) in [6.45, 7) is 2.94. The first-order valence-corrected chi connectivity index (χ1v) is 7.91. The van der Waals surface area contributed by atoms with E-state index in [0.29, 0.717) is 12.0 Å². The Bertz CT molecular complexity index is 575. The van der Waals surface area contributed by atoms with Crippen molar-refractivity contribution in [2.45, 2.75) is 38.3 Å². The maximum absolute atomic E-state index is 5.29. The van der Waals surface area contributed by atoms with Gasteiger partial charge < -0.3 is 10.1 Å². The van der Waals surface area contributed by atoms with Crippen LogP contribution < -0.4 is 10.1 Å². The fourth-order valence-corrected chi connectivity index (χ4v) is 3.30. The van der Waals surface area contributed by atoms with E-state index in [1.165, 1.54) is 18.4 Å². The second kappa shape index (κ2) is 5.94. The van der Waals surface area contributed by atoms with E-state index >= 15 is 0 Å². The monoisotopic (exact) mass is 288 g/mol. The Kier molecular flexibility index (Phi) is 4.03. The molecule has 0 radical (unpaired) electrons. The predicted molar refractivity (Wildman–Crippen MR) is 82.4 cm³/mol. The maximum Gasteiger partial charge on any atom is 0.119 e. The van der Waals surface area contributed by atoms with Crippen molar-refractivity contribution in [3.63, 3.8) is 0 Å². The molecule has 1 aliphatic rings. The van der Waals surface area contributed by atoms with Crippen molar-refractivity contribution in [3.8, 4) is 5.75 Å². The smallest absolute Gasteiger partial charge is 0.119 e. The second-order valence-corrected chi connectivity index (χ2v) is 6.44. The van der Waals surface area contributed by atoms with Crippen molar-refractivity contribution in [2.75, 3.05) is 7.11 Å². The molecule has 0 aliphatic heterocycles. The lowest BCUT2D eigenvalue weighted by atomic mass is 9.76. The Labute approximate surface area is 124 Å². The highest BCUT2D eigenvalue weighted by Crippen LogP contribution is 2.38. The lowest BCUT2D eigenvalue weighted by molar-refractivity contribution is 0.288. The second-order valence-electron chi connectivity index (χ2n) is 5.38. The molecule has 20 heavy (non-hydrogen) atoms. The number of aryl methyl sites for hydroxylation is 1. The number of hydrogen-bond acceptors (Lipinski definition) is 4. The van der Waals surface area contributed by atoms with Crippen LogP contribution in [0.2, 0.25) is 0 Å². The minimum absolute atomic E-state index is 0.619. The van der Waals surface area contributed by atoms with E-state index in [0.717, 1.165) is 23.0 Å². The van der Waals surface area contributed by atoms with Crippen molar-refractivity contribution in [1.82, 2.24) is 10.3 Å². The van der Waals surface area contributed by atoms with Crippen molar-refractivity contribution >= 4 is 11.3 Å². The van der Waals surface area contributed by atoms with Gasteiger partial charge in [-0.1, -0.05) is 12.1 Å². The van der Waals surface area contributed by atoms with Gasteiger partial charge in [-0.05, 0) is 43.4 Å². The van der Waals surface area contributed by atoms with E-state index in [1.54, 1.807) is 18.4 Å². The highest BCUT2D eigenvalue weighted by Gasteiger charge is 2.30. The molecule has 3 nitrogen and oxygen atoms in total. The normalized spacial score (nSPS) is 21.5. The molecule has 1 saturated carbocycles. The molecule has 1 aromatic heterocycles. The molecule has 3 rings (SSSR count). The molecule has 0 amide bonds. The summed E-state index contributed by atoms with van der Waals surface area (Å²) in [4.78, 5) is 4.48. The first-order chi connectivity index (χ1) is 9.74. The summed E-state index contributed by atoms with van der Waals surface area (Å²) in [5.74, 6) is 1.62. The van der Waals surface area contributed by atoms with Gasteiger partial charge in [-0.25, -0.2) is 4.98 Å². The van der Waals surface area contributed by atoms with Crippen LogP contribution in [-0.4, -0.2) is 18.1 Å². The van der Waals surface area contributed by atoms with E-state index in [2.05, 4.69) is 40.8 Å². The van der Waals surface area contributed by atoms with Gasteiger partial charge in [0.1, 0.15) is 5.75 Å². The molecular formula is C16H20N2OS. The summed E-state index contributed by atoms with van der Waals surface area (Å²) in [5, 5.41) is 6.87. The van der Waals surface area contributed by atoms with Gasteiger partial charge in [0.15, 0.2) is 0 Å². The summed E-state index contributed by atoms with van der Waals surface area (Å²) in [6.07, 6.45) is 2.41. The Morgan fingerprint density at radius 1 is 1.40 bits per heavy atom. The van der Waals surface area contributed by atoms with Crippen molar-refractivity contribution < 1.29 is 4.74 Å². The molecule has 0 saturated heterocycles. The lowest BCUT2D eigenvalue weighted by Gasteiger charge is -2.36. The fourth-order valence-electron chi connectivity index (χ4n) is 2.69. The molecule has 0 spiro atoms. The fraction of sp³-hybridized carbons (Fsp3) is 0.438.